The predicted molar refractivity (Wildman–Crippen MR) is 76.4 cm³/mol. The molecule has 0 aliphatic carbocycles. The largest absolute Gasteiger partial charge is 0.394 e. The Bertz CT molecular complexity index is 663. The molecule has 1 aliphatic rings. The number of nitrogens with one attached hydrogen (secondary N) is 1. The van der Waals surface area contributed by atoms with E-state index < -0.39 is 15.6 Å². The van der Waals surface area contributed by atoms with Crippen LogP contribution in [0, 0.1) is 11.3 Å². The number of aliphatic hydroxyl groups is 1. The van der Waals surface area contributed by atoms with Gasteiger partial charge in [-0.05, 0) is 31.0 Å². The minimum absolute atomic E-state index is 0.0363. The van der Waals surface area contributed by atoms with Crippen molar-refractivity contribution in [1.29, 1.82) is 5.26 Å². The number of ether oxygens (including phenoxy) is 1. The van der Waals surface area contributed by atoms with E-state index in [9.17, 15) is 13.5 Å². The summed E-state index contributed by atoms with van der Waals surface area (Å²) >= 11 is 5.86. The second-order valence-corrected chi connectivity index (χ2v) is 7.00. The van der Waals surface area contributed by atoms with Crippen molar-refractivity contribution in [3.63, 3.8) is 0 Å². The summed E-state index contributed by atoms with van der Waals surface area (Å²) in [6, 6.07) is 5.77. The summed E-state index contributed by atoms with van der Waals surface area (Å²) < 4.78 is 32.6. The summed E-state index contributed by atoms with van der Waals surface area (Å²) in [7, 11) is -3.84. The molecule has 0 atom stereocenters. The maximum atomic E-state index is 12.4. The van der Waals surface area contributed by atoms with Crippen LogP contribution in [0.5, 0.6) is 0 Å². The minimum atomic E-state index is -3.84. The number of sulfonamides is 1. The molecule has 0 bridgehead atoms. The van der Waals surface area contributed by atoms with Gasteiger partial charge in [0.2, 0.25) is 10.0 Å². The Labute approximate surface area is 128 Å². The Morgan fingerprint density at radius 3 is 2.62 bits per heavy atom. The fraction of sp³-hybridized carbons (Fsp3) is 0.462. The smallest absolute Gasteiger partial charge is 0.241 e. The number of rotatable bonds is 4. The van der Waals surface area contributed by atoms with E-state index in [0.717, 1.165) is 0 Å². The van der Waals surface area contributed by atoms with Crippen LogP contribution in [0.2, 0.25) is 5.02 Å². The molecule has 0 unspecified atom stereocenters. The fourth-order valence-corrected chi connectivity index (χ4v) is 3.92. The van der Waals surface area contributed by atoms with Gasteiger partial charge in [-0.25, -0.2) is 13.1 Å². The molecule has 2 rings (SSSR count). The summed E-state index contributed by atoms with van der Waals surface area (Å²) in [5.74, 6) is 0. The zero-order chi connectivity index (χ0) is 15.5. The van der Waals surface area contributed by atoms with Gasteiger partial charge in [-0.15, -0.1) is 0 Å². The number of hydrogen-bond donors (Lipinski definition) is 2. The second-order valence-electron chi connectivity index (χ2n) is 4.91. The summed E-state index contributed by atoms with van der Waals surface area (Å²) in [4.78, 5) is -0.0363. The van der Waals surface area contributed by atoms with Crippen LogP contribution in [-0.2, 0) is 14.8 Å². The number of nitriles is 1. The summed E-state index contributed by atoms with van der Waals surface area (Å²) in [6.07, 6.45) is 0.791. The van der Waals surface area contributed by atoms with Gasteiger partial charge >= 0.3 is 0 Å². The molecule has 2 N–H and O–H groups in total. The van der Waals surface area contributed by atoms with Crippen molar-refractivity contribution in [3.05, 3.63) is 28.8 Å². The van der Waals surface area contributed by atoms with Crippen LogP contribution in [0.4, 0.5) is 0 Å². The van der Waals surface area contributed by atoms with Gasteiger partial charge in [0.15, 0.2) is 0 Å². The van der Waals surface area contributed by atoms with Crippen LogP contribution < -0.4 is 4.72 Å². The predicted octanol–water partition coefficient (Wildman–Crippen LogP) is 1.03. The van der Waals surface area contributed by atoms with Gasteiger partial charge in [0, 0.05) is 13.2 Å². The van der Waals surface area contributed by atoms with E-state index in [2.05, 4.69) is 4.72 Å². The molecule has 0 aromatic heterocycles. The third-order valence-electron chi connectivity index (χ3n) is 3.47. The van der Waals surface area contributed by atoms with Crippen molar-refractivity contribution in [2.75, 3.05) is 19.8 Å². The SMILES string of the molecule is N#Cc1ccc(S(=O)(=O)NC2(CO)CCOCC2)cc1Cl. The lowest BCUT2D eigenvalue weighted by atomic mass is 9.93. The van der Waals surface area contributed by atoms with Crippen LogP contribution in [0.1, 0.15) is 18.4 Å². The third-order valence-corrected chi connectivity index (χ3v) is 5.36. The highest BCUT2D eigenvalue weighted by atomic mass is 35.5. The first-order valence-electron chi connectivity index (χ1n) is 6.35. The first-order chi connectivity index (χ1) is 9.92. The molecule has 1 saturated heterocycles. The van der Waals surface area contributed by atoms with E-state index >= 15 is 0 Å². The van der Waals surface area contributed by atoms with Crippen molar-refractivity contribution in [3.8, 4) is 6.07 Å². The highest BCUT2D eigenvalue weighted by molar-refractivity contribution is 7.89. The molecule has 0 amide bonds. The Morgan fingerprint density at radius 1 is 1.43 bits per heavy atom. The number of hydrogen-bond acceptors (Lipinski definition) is 5. The molecule has 21 heavy (non-hydrogen) atoms. The molecule has 0 radical (unpaired) electrons. The molecule has 1 aromatic carbocycles. The fourth-order valence-electron chi connectivity index (χ4n) is 2.15. The van der Waals surface area contributed by atoms with Crippen LogP contribution >= 0.6 is 11.6 Å². The van der Waals surface area contributed by atoms with Gasteiger partial charge < -0.3 is 9.84 Å². The van der Waals surface area contributed by atoms with E-state index in [1.807, 2.05) is 6.07 Å². The zero-order valence-corrected chi connectivity index (χ0v) is 12.7. The molecule has 8 heteroatoms. The second kappa shape index (κ2) is 6.30. The van der Waals surface area contributed by atoms with Gasteiger partial charge in [-0.2, -0.15) is 5.26 Å². The highest BCUT2D eigenvalue weighted by Crippen LogP contribution is 2.25. The standard InChI is InChI=1S/C13H15ClN2O4S/c14-12-7-11(2-1-10(12)8-15)21(18,19)16-13(9-17)3-5-20-6-4-13/h1-2,7,16-17H,3-6,9H2. The average Bonchev–Trinajstić information content (AvgIpc) is 2.47. The summed E-state index contributed by atoms with van der Waals surface area (Å²) in [6.45, 7) is 0.466. The Balaban J connectivity index is 2.29. The van der Waals surface area contributed by atoms with Gasteiger partial charge in [0.1, 0.15) is 6.07 Å². The molecule has 1 aliphatic heterocycles. The minimum Gasteiger partial charge on any atom is -0.394 e. The molecule has 1 heterocycles. The van der Waals surface area contributed by atoms with Gasteiger partial charge in [-0.3, -0.25) is 0 Å². The lowest BCUT2D eigenvalue weighted by molar-refractivity contribution is 0.0223. The number of aliphatic hydroxyl groups excluding tert-OH is 1. The quantitative estimate of drug-likeness (QED) is 0.859. The maximum Gasteiger partial charge on any atom is 0.241 e. The van der Waals surface area contributed by atoms with Crippen LogP contribution in [-0.4, -0.2) is 38.9 Å². The molecule has 6 nitrogen and oxygen atoms in total. The van der Waals surface area contributed by atoms with E-state index in [4.69, 9.17) is 21.6 Å². The van der Waals surface area contributed by atoms with E-state index in [1.165, 1.54) is 18.2 Å². The van der Waals surface area contributed by atoms with Gasteiger partial charge in [-0.1, -0.05) is 11.6 Å². The van der Waals surface area contributed by atoms with Crippen LogP contribution in [0.3, 0.4) is 0 Å². The van der Waals surface area contributed by atoms with Crippen molar-refractivity contribution in [1.82, 2.24) is 4.72 Å². The van der Waals surface area contributed by atoms with Crippen LogP contribution in [0.25, 0.3) is 0 Å². The van der Waals surface area contributed by atoms with E-state index in [1.54, 1.807) is 0 Å². The third kappa shape index (κ3) is 3.54. The van der Waals surface area contributed by atoms with Crippen molar-refractivity contribution in [2.24, 2.45) is 0 Å². The molecule has 1 aromatic rings. The molecule has 114 valence electrons. The molecular formula is C13H15ClN2O4S. The van der Waals surface area contributed by atoms with Gasteiger partial charge in [0.05, 0.1) is 27.6 Å². The Hall–Kier alpha value is -1.17. The number of halogens is 1. The summed E-state index contributed by atoms with van der Waals surface area (Å²) in [5, 5.41) is 18.4. The lowest BCUT2D eigenvalue weighted by Crippen LogP contribution is -2.54. The molecule has 0 saturated carbocycles. The first-order valence-corrected chi connectivity index (χ1v) is 8.21. The topological polar surface area (TPSA) is 99.4 Å². The molecule has 1 fully saturated rings. The Kier molecular flexibility index (Phi) is 4.86. The van der Waals surface area contributed by atoms with E-state index in [-0.39, 0.29) is 22.1 Å². The summed E-state index contributed by atoms with van der Waals surface area (Å²) in [5.41, 5.74) is -0.712. The van der Waals surface area contributed by atoms with Crippen molar-refractivity contribution in [2.45, 2.75) is 23.3 Å². The van der Waals surface area contributed by atoms with Gasteiger partial charge in [0.25, 0.3) is 0 Å². The molecular weight excluding hydrogens is 316 g/mol. The lowest BCUT2D eigenvalue weighted by Gasteiger charge is -2.35. The average molecular weight is 331 g/mol. The highest BCUT2D eigenvalue weighted by Gasteiger charge is 2.36. The van der Waals surface area contributed by atoms with Crippen molar-refractivity contribution >= 4 is 21.6 Å². The normalized spacial score (nSPS) is 18.1. The number of benzene rings is 1. The van der Waals surface area contributed by atoms with E-state index in [0.29, 0.717) is 26.1 Å². The maximum absolute atomic E-state index is 12.4. The number of nitrogens with zero attached hydrogens (tertiary/aromatic N) is 1. The van der Waals surface area contributed by atoms with Crippen molar-refractivity contribution < 1.29 is 18.3 Å². The molecule has 0 spiro atoms. The first kappa shape index (κ1) is 16.2. The zero-order valence-electron chi connectivity index (χ0n) is 11.2. The van der Waals surface area contributed by atoms with Crippen LogP contribution in [0.15, 0.2) is 23.1 Å². The monoisotopic (exact) mass is 330 g/mol. The Morgan fingerprint density at radius 2 is 2.10 bits per heavy atom.